The number of benzene rings is 2. The lowest BCUT2D eigenvalue weighted by Gasteiger charge is -2.21. The van der Waals surface area contributed by atoms with Gasteiger partial charge < -0.3 is 19.3 Å². The van der Waals surface area contributed by atoms with Crippen molar-refractivity contribution in [2.75, 3.05) is 13.7 Å². The summed E-state index contributed by atoms with van der Waals surface area (Å²) in [7, 11) is 1.53. The van der Waals surface area contributed by atoms with E-state index in [-0.39, 0.29) is 18.5 Å². The first-order chi connectivity index (χ1) is 12.8. The molecule has 0 aliphatic carbocycles. The van der Waals surface area contributed by atoms with Gasteiger partial charge in [-0.1, -0.05) is 23.7 Å². The topological polar surface area (TPSA) is 65.0 Å². The van der Waals surface area contributed by atoms with Gasteiger partial charge in [-0.05, 0) is 61.7 Å². The van der Waals surface area contributed by atoms with Crippen LogP contribution in [0.1, 0.15) is 43.6 Å². The van der Waals surface area contributed by atoms with Gasteiger partial charge in [0, 0.05) is 5.02 Å². The van der Waals surface area contributed by atoms with Crippen molar-refractivity contribution >= 4 is 17.6 Å². The number of esters is 1. The zero-order valence-electron chi connectivity index (χ0n) is 16.0. The fourth-order valence-electron chi connectivity index (χ4n) is 2.72. The van der Waals surface area contributed by atoms with Crippen molar-refractivity contribution in [3.8, 4) is 11.5 Å². The normalized spacial score (nSPS) is 12.0. The first-order valence-electron chi connectivity index (χ1n) is 8.82. The molecule has 0 saturated heterocycles. The number of aliphatic hydroxyl groups is 1. The summed E-state index contributed by atoms with van der Waals surface area (Å²) in [4.78, 5) is 12.0. The van der Waals surface area contributed by atoms with Crippen LogP contribution in [-0.4, -0.2) is 30.9 Å². The summed E-state index contributed by atoms with van der Waals surface area (Å²) in [6, 6.07) is 10.3. The average molecular weight is 393 g/mol. The second-order valence-electron chi connectivity index (χ2n) is 6.30. The Morgan fingerprint density at radius 2 is 1.81 bits per heavy atom. The van der Waals surface area contributed by atoms with Crippen LogP contribution >= 0.6 is 11.6 Å². The fourth-order valence-corrected chi connectivity index (χ4v) is 2.85. The van der Waals surface area contributed by atoms with Crippen LogP contribution in [0.15, 0.2) is 36.4 Å². The average Bonchev–Trinajstić information content (AvgIpc) is 2.62. The number of carbonyl (C=O) groups is 1. The molecule has 6 heteroatoms. The Morgan fingerprint density at radius 1 is 1.15 bits per heavy atom. The van der Waals surface area contributed by atoms with Crippen LogP contribution in [0.25, 0.3) is 0 Å². The Hall–Kier alpha value is -2.24. The van der Waals surface area contributed by atoms with E-state index < -0.39 is 6.10 Å². The first kappa shape index (κ1) is 21.1. The van der Waals surface area contributed by atoms with E-state index in [2.05, 4.69) is 0 Å². The third-order valence-corrected chi connectivity index (χ3v) is 4.16. The van der Waals surface area contributed by atoms with Gasteiger partial charge in [-0.15, -0.1) is 0 Å². The quantitative estimate of drug-likeness (QED) is 0.677. The third-order valence-electron chi connectivity index (χ3n) is 3.91. The molecular weight excluding hydrogens is 368 g/mol. The summed E-state index contributed by atoms with van der Waals surface area (Å²) < 4.78 is 16.3. The van der Waals surface area contributed by atoms with E-state index in [1.165, 1.54) is 7.11 Å². The molecule has 0 spiro atoms. The van der Waals surface area contributed by atoms with Gasteiger partial charge >= 0.3 is 5.97 Å². The van der Waals surface area contributed by atoms with Crippen LogP contribution in [0.2, 0.25) is 5.02 Å². The fraction of sp³-hybridized carbons (Fsp3) is 0.381. The van der Waals surface area contributed by atoms with E-state index in [1.54, 1.807) is 43.3 Å². The number of methoxy groups -OCH3 is 1. The minimum atomic E-state index is -0.952. The first-order valence-corrected chi connectivity index (χ1v) is 9.20. The zero-order chi connectivity index (χ0) is 20.0. The van der Waals surface area contributed by atoms with Crippen LogP contribution in [0, 0.1) is 0 Å². The number of rotatable bonds is 8. The predicted molar refractivity (Wildman–Crippen MR) is 105 cm³/mol. The highest BCUT2D eigenvalue weighted by molar-refractivity contribution is 6.30. The Labute approximate surface area is 164 Å². The largest absolute Gasteiger partial charge is 0.493 e. The molecule has 0 aromatic heterocycles. The summed E-state index contributed by atoms with van der Waals surface area (Å²) >= 11 is 5.94. The monoisotopic (exact) mass is 392 g/mol. The van der Waals surface area contributed by atoms with Crippen molar-refractivity contribution in [3.63, 3.8) is 0 Å². The molecule has 1 unspecified atom stereocenters. The maximum atomic E-state index is 12.0. The minimum absolute atomic E-state index is 0.0200. The SMILES string of the molecule is CCOC(=O)Cc1cc(OC)c(OC(C)C)cc1C(O)c1ccc(Cl)cc1. The third kappa shape index (κ3) is 5.62. The Kier molecular flexibility index (Phi) is 7.51. The molecule has 1 N–H and O–H groups in total. The molecule has 27 heavy (non-hydrogen) atoms. The molecule has 0 amide bonds. The number of hydrogen-bond donors (Lipinski definition) is 1. The maximum absolute atomic E-state index is 12.0. The van der Waals surface area contributed by atoms with Crippen molar-refractivity contribution < 1.29 is 24.1 Å². The molecule has 1 atom stereocenters. The second kappa shape index (κ2) is 9.62. The summed E-state index contributed by atoms with van der Waals surface area (Å²) in [6.07, 6.45) is -1.01. The number of ether oxygens (including phenoxy) is 3. The van der Waals surface area contributed by atoms with Gasteiger partial charge in [0.15, 0.2) is 11.5 Å². The molecule has 2 aromatic carbocycles. The molecule has 0 fully saturated rings. The molecule has 5 nitrogen and oxygen atoms in total. The van der Waals surface area contributed by atoms with Crippen molar-refractivity contribution in [2.24, 2.45) is 0 Å². The molecule has 2 aromatic rings. The summed E-state index contributed by atoms with van der Waals surface area (Å²) in [5.41, 5.74) is 1.83. The van der Waals surface area contributed by atoms with Gasteiger partial charge in [0.25, 0.3) is 0 Å². The molecular formula is C21H25ClO5. The molecule has 0 saturated carbocycles. The van der Waals surface area contributed by atoms with E-state index in [1.807, 2.05) is 13.8 Å². The summed E-state index contributed by atoms with van der Waals surface area (Å²) in [5.74, 6) is 0.625. The molecule has 0 aliphatic heterocycles. The van der Waals surface area contributed by atoms with E-state index in [4.69, 9.17) is 25.8 Å². The van der Waals surface area contributed by atoms with Crippen molar-refractivity contribution in [2.45, 2.75) is 39.4 Å². The highest BCUT2D eigenvalue weighted by Crippen LogP contribution is 2.36. The van der Waals surface area contributed by atoms with Crippen LogP contribution in [-0.2, 0) is 16.0 Å². The Bertz CT molecular complexity index is 771. The Balaban J connectivity index is 2.51. The smallest absolute Gasteiger partial charge is 0.310 e. The van der Waals surface area contributed by atoms with Crippen LogP contribution in [0.4, 0.5) is 0 Å². The van der Waals surface area contributed by atoms with Gasteiger partial charge in [0.05, 0.1) is 26.2 Å². The van der Waals surface area contributed by atoms with E-state index in [0.717, 1.165) is 0 Å². The maximum Gasteiger partial charge on any atom is 0.310 e. The van der Waals surface area contributed by atoms with Gasteiger partial charge in [-0.25, -0.2) is 0 Å². The van der Waals surface area contributed by atoms with Crippen molar-refractivity contribution in [1.82, 2.24) is 0 Å². The minimum Gasteiger partial charge on any atom is -0.493 e. The molecule has 0 heterocycles. The van der Waals surface area contributed by atoms with Gasteiger partial charge in [0.2, 0.25) is 0 Å². The molecule has 0 aliphatic rings. The van der Waals surface area contributed by atoms with Crippen molar-refractivity contribution in [1.29, 1.82) is 0 Å². The van der Waals surface area contributed by atoms with Crippen LogP contribution in [0.5, 0.6) is 11.5 Å². The summed E-state index contributed by atoms with van der Waals surface area (Å²) in [6.45, 7) is 5.85. The number of hydrogen-bond acceptors (Lipinski definition) is 5. The van der Waals surface area contributed by atoms with Crippen LogP contribution < -0.4 is 9.47 Å². The lowest BCUT2D eigenvalue weighted by atomic mass is 9.94. The molecule has 0 bridgehead atoms. The lowest BCUT2D eigenvalue weighted by Crippen LogP contribution is -2.13. The molecule has 0 radical (unpaired) electrons. The van der Waals surface area contributed by atoms with Crippen molar-refractivity contribution in [3.05, 3.63) is 58.1 Å². The van der Waals surface area contributed by atoms with E-state index >= 15 is 0 Å². The van der Waals surface area contributed by atoms with Gasteiger partial charge in [-0.3, -0.25) is 4.79 Å². The number of halogens is 1. The predicted octanol–water partition coefficient (Wildman–Crippen LogP) is 4.32. The molecule has 146 valence electrons. The van der Waals surface area contributed by atoms with Gasteiger partial charge in [-0.2, -0.15) is 0 Å². The van der Waals surface area contributed by atoms with E-state index in [9.17, 15) is 9.90 Å². The van der Waals surface area contributed by atoms with Gasteiger partial charge in [0.1, 0.15) is 6.10 Å². The summed E-state index contributed by atoms with van der Waals surface area (Å²) in [5, 5.41) is 11.5. The van der Waals surface area contributed by atoms with Crippen LogP contribution in [0.3, 0.4) is 0 Å². The number of carbonyl (C=O) groups excluding carboxylic acids is 1. The Morgan fingerprint density at radius 3 is 2.37 bits per heavy atom. The number of aliphatic hydroxyl groups excluding tert-OH is 1. The molecule has 2 rings (SSSR count). The van der Waals surface area contributed by atoms with E-state index in [0.29, 0.717) is 39.8 Å². The lowest BCUT2D eigenvalue weighted by molar-refractivity contribution is -0.142. The second-order valence-corrected chi connectivity index (χ2v) is 6.74. The highest BCUT2D eigenvalue weighted by Gasteiger charge is 2.21. The zero-order valence-corrected chi connectivity index (χ0v) is 16.7. The highest BCUT2D eigenvalue weighted by atomic mass is 35.5. The standard InChI is InChI=1S/C21H25ClO5/c1-5-26-20(23)11-15-10-18(25-4)19(27-13(2)3)12-17(15)21(24)14-6-8-16(22)9-7-14/h6-10,12-13,21,24H,5,11H2,1-4H3.